The molecule has 2 nitrogen and oxygen atoms in total. The monoisotopic (exact) mass is 336 g/mol. The zero-order valence-electron chi connectivity index (χ0n) is 14.9. The van der Waals surface area contributed by atoms with E-state index in [9.17, 15) is 0 Å². The molecule has 0 radical (unpaired) electrons. The summed E-state index contributed by atoms with van der Waals surface area (Å²) in [5.74, 6) is 0. The van der Waals surface area contributed by atoms with E-state index in [-0.39, 0.29) is 0 Å². The topological polar surface area (TPSA) is 8.17 Å². The van der Waals surface area contributed by atoms with Gasteiger partial charge in [-0.1, -0.05) is 67.6 Å². The van der Waals surface area contributed by atoms with Gasteiger partial charge in [0.05, 0.1) is 0 Å². The average molecular weight is 336 g/mol. The van der Waals surface area contributed by atoms with Crippen molar-refractivity contribution in [2.45, 2.75) is 20.3 Å². The van der Waals surface area contributed by atoms with Crippen LogP contribution in [0.15, 0.2) is 66.7 Å². The van der Waals surface area contributed by atoms with Crippen molar-refractivity contribution in [2.75, 3.05) is 19.1 Å². The Bertz CT molecular complexity index is 752. The molecule has 2 aromatic carbocycles. The summed E-state index contributed by atoms with van der Waals surface area (Å²) in [5, 5.41) is 6.46. The molecule has 0 aliphatic carbocycles. The van der Waals surface area contributed by atoms with E-state index in [2.05, 4.69) is 104 Å². The van der Waals surface area contributed by atoms with Gasteiger partial charge in [0.25, 0.3) is 0 Å². The van der Waals surface area contributed by atoms with Crippen LogP contribution in [0.5, 0.6) is 0 Å². The zero-order valence-corrected chi connectivity index (χ0v) is 15.8. The average Bonchev–Trinajstić information content (AvgIpc) is 2.93. The predicted molar refractivity (Wildman–Crippen MR) is 107 cm³/mol. The lowest BCUT2D eigenvalue weighted by Crippen LogP contribution is -2.30. The van der Waals surface area contributed by atoms with Gasteiger partial charge in [-0.2, -0.15) is 0 Å². The summed E-state index contributed by atoms with van der Waals surface area (Å²) in [6.45, 7) is 4.45. The summed E-state index contributed by atoms with van der Waals surface area (Å²) in [6.07, 6.45) is 1.03. The van der Waals surface area contributed by atoms with E-state index in [4.69, 9.17) is 0 Å². The Hall–Kier alpha value is -2.05. The summed E-state index contributed by atoms with van der Waals surface area (Å²) in [7, 11) is 3.69. The molecule has 0 saturated heterocycles. The Morgan fingerprint density at radius 1 is 0.875 bits per heavy atom. The highest BCUT2D eigenvalue weighted by molar-refractivity contribution is 7.79. The molecule has 0 unspecified atom stereocenters. The van der Waals surface area contributed by atoms with Gasteiger partial charge in [0, 0.05) is 30.8 Å². The molecule has 0 spiro atoms. The molecule has 0 N–H and O–H groups in total. The largest absolute Gasteiger partial charge is 0.319 e. The van der Waals surface area contributed by atoms with Crippen molar-refractivity contribution >= 4 is 23.8 Å². The molecule has 0 bridgehead atoms. The molecule has 0 saturated carbocycles. The number of benzene rings is 2. The van der Waals surface area contributed by atoms with Gasteiger partial charge in [0.15, 0.2) is 0 Å². The van der Waals surface area contributed by atoms with E-state index in [0.29, 0.717) is 0 Å². The summed E-state index contributed by atoms with van der Waals surface area (Å²) >= 11 is 0. The Kier molecular flexibility index (Phi) is 5.06. The molecular weight excluding hydrogens is 311 g/mol. The number of aryl methyl sites for hydroxylation is 1. The predicted octanol–water partition coefficient (Wildman–Crippen LogP) is 3.31. The second-order valence-electron chi connectivity index (χ2n) is 6.14. The Labute approximate surface area is 146 Å². The number of aromatic nitrogens is 1. The maximum atomic E-state index is 2.38. The fraction of sp³-hybridized carbons (Fsp3) is 0.238. The molecule has 0 aliphatic heterocycles. The van der Waals surface area contributed by atoms with Gasteiger partial charge < -0.3 is 5.01 Å². The van der Waals surface area contributed by atoms with Crippen LogP contribution in [0.3, 0.4) is 0 Å². The van der Waals surface area contributed by atoms with Crippen LogP contribution in [-0.2, 0) is 6.42 Å². The first-order valence-corrected chi connectivity index (χ1v) is 9.76. The molecule has 1 heterocycles. The molecule has 3 rings (SSSR count). The van der Waals surface area contributed by atoms with E-state index >= 15 is 0 Å². The van der Waals surface area contributed by atoms with Crippen LogP contribution < -0.4 is 20.9 Å². The standard InChI is InChI=1S/C21H25N2P/c1-5-20-21(16-17(2)23(20)22(3)4)24(18-12-8-6-9-13-18)19-14-10-7-11-15-19/h6-16H,5H2,1-4H3. The van der Waals surface area contributed by atoms with Gasteiger partial charge in [0.2, 0.25) is 0 Å². The van der Waals surface area contributed by atoms with Crippen LogP contribution in [0.2, 0.25) is 0 Å². The quantitative estimate of drug-likeness (QED) is 0.649. The normalized spacial score (nSPS) is 11.0. The summed E-state index contributed by atoms with van der Waals surface area (Å²) in [6, 6.07) is 24.2. The highest BCUT2D eigenvalue weighted by atomic mass is 31.1. The van der Waals surface area contributed by atoms with Crippen molar-refractivity contribution in [1.29, 1.82) is 0 Å². The third-order valence-electron chi connectivity index (χ3n) is 4.24. The fourth-order valence-electron chi connectivity index (χ4n) is 3.33. The molecule has 3 aromatic rings. The molecule has 1 aromatic heterocycles. The first-order valence-electron chi connectivity index (χ1n) is 8.42. The summed E-state index contributed by atoms with van der Waals surface area (Å²) in [4.78, 5) is 0. The Morgan fingerprint density at radius 2 is 1.38 bits per heavy atom. The SMILES string of the molecule is CCc1c(P(c2ccccc2)c2ccccc2)cc(C)n1N(C)C. The van der Waals surface area contributed by atoms with Gasteiger partial charge in [-0.25, -0.2) is 0 Å². The van der Waals surface area contributed by atoms with E-state index in [1.54, 1.807) is 0 Å². The van der Waals surface area contributed by atoms with E-state index in [1.807, 2.05) is 0 Å². The van der Waals surface area contributed by atoms with Crippen LogP contribution in [0, 0.1) is 6.92 Å². The lowest BCUT2D eigenvalue weighted by Gasteiger charge is -2.23. The Morgan fingerprint density at radius 3 is 1.79 bits per heavy atom. The number of rotatable bonds is 5. The number of hydrogen-bond donors (Lipinski definition) is 0. The minimum atomic E-state index is -0.540. The molecule has 0 fully saturated rings. The van der Waals surface area contributed by atoms with Crippen molar-refractivity contribution in [3.63, 3.8) is 0 Å². The summed E-state index contributed by atoms with van der Waals surface area (Å²) in [5.41, 5.74) is 2.71. The van der Waals surface area contributed by atoms with Crippen LogP contribution in [0.4, 0.5) is 0 Å². The maximum Gasteiger partial charge on any atom is 0.0479 e. The Balaban J connectivity index is 2.23. The second kappa shape index (κ2) is 7.23. The van der Waals surface area contributed by atoms with Gasteiger partial charge in [0.1, 0.15) is 0 Å². The van der Waals surface area contributed by atoms with E-state index in [1.165, 1.54) is 27.3 Å². The van der Waals surface area contributed by atoms with E-state index < -0.39 is 7.92 Å². The minimum absolute atomic E-state index is 0.540. The zero-order chi connectivity index (χ0) is 17.1. The van der Waals surface area contributed by atoms with E-state index in [0.717, 1.165) is 6.42 Å². The van der Waals surface area contributed by atoms with Crippen LogP contribution >= 0.6 is 7.92 Å². The third-order valence-corrected chi connectivity index (χ3v) is 6.73. The molecule has 24 heavy (non-hydrogen) atoms. The van der Waals surface area contributed by atoms with Crippen molar-refractivity contribution in [1.82, 2.24) is 4.68 Å². The van der Waals surface area contributed by atoms with Crippen LogP contribution in [-0.4, -0.2) is 18.8 Å². The lowest BCUT2D eigenvalue weighted by atomic mass is 10.3. The molecule has 0 atom stereocenters. The van der Waals surface area contributed by atoms with Gasteiger partial charge in [-0.15, -0.1) is 0 Å². The highest BCUT2D eigenvalue weighted by Gasteiger charge is 2.23. The molecule has 0 amide bonds. The second-order valence-corrected chi connectivity index (χ2v) is 8.32. The number of nitrogens with zero attached hydrogens (tertiary/aromatic N) is 2. The fourth-order valence-corrected chi connectivity index (χ4v) is 5.95. The molecule has 0 aliphatic rings. The van der Waals surface area contributed by atoms with Gasteiger partial charge in [-0.3, -0.25) is 4.68 Å². The van der Waals surface area contributed by atoms with Crippen molar-refractivity contribution in [2.24, 2.45) is 0 Å². The molecular formula is C21H25N2P. The third kappa shape index (κ3) is 3.12. The molecule has 3 heteroatoms. The van der Waals surface area contributed by atoms with Crippen LogP contribution in [0.25, 0.3) is 0 Å². The summed E-state index contributed by atoms with van der Waals surface area (Å²) < 4.78 is 2.34. The van der Waals surface area contributed by atoms with Crippen molar-refractivity contribution < 1.29 is 0 Å². The first kappa shape index (κ1) is 16.8. The lowest BCUT2D eigenvalue weighted by molar-refractivity contribution is 0.678. The maximum absolute atomic E-state index is 2.38. The van der Waals surface area contributed by atoms with Crippen molar-refractivity contribution in [3.8, 4) is 0 Å². The number of hydrogen-bond acceptors (Lipinski definition) is 1. The minimum Gasteiger partial charge on any atom is -0.319 e. The smallest absolute Gasteiger partial charge is 0.0479 e. The van der Waals surface area contributed by atoms with Gasteiger partial charge >= 0.3 is 0 Å². The van der Waals surface area contributed by atoms with Gasteiger partial charge in [-0.05, 0) is 37.9 Å². The highest BCUT2D eigenvalue weighted by Crippen LogP contribution is 2.35. The van der Waals surface area contributed by atoms with Crippen LogP contribution in [0.1, 0.15) is 18.3 Å². The first-order chi connectivity index (χ1) is 11.6. The van der Waals surface area contributed by atoms with Crippen molar-refractivity contribution in [3.05, 3.63) is 78.1 Å². The molecule has 124 valence electrons.